The van der Waals surface area contributed by atoms with Crippen molar-refractivity contribution in [3.63, 3.8) is 0 Å². The molecule has 1 aliphatic rings. The Hall–Kier alpha value is -3.16. The lowest BCUT2D eigenvalue weighted by Crippen LogP contribution is -2.41. The van der Waals surface area contributed by atoms with Crippen molar-refractivity contribution in [1.29, 1.82) is 0 Å². The number of halogens is 1. The van der Waals surface area contributed by atoms with Crippen molar-refractivity contribution >= 4 is 39.1 Å². The minimum atomic E-state index is -3.59. The van der Waals surface area contributed by atoms with Crippen molar-refractivity contribution in [2.24, 2.45) is 9.98 Å². The summed E-state index contributed by atoms with van der Waals surface area (Å²) >= 11 is 0. The number of nitrogens with one attached hydrogen (secondary N) is 3. The molecule has 0 radical (unpaired) electrons. The molecule has 13 heteroatoms. The zero-order chi connectivity index (χ0) is 27.8. The fourth-order valence-corrected chi connectivity index (χ4v) is 4.10. The number of aliphatic imine (C=N–C) groups is 2. The average Bonchev–Trinajstić information content (AvgIpc) is 2.82. The maximum absolute atomic E-state index is 14.6. The highest BCUT2D eigenvalue weighted by Crippen LogP contribution is 2.32. The zero-order valence-corrected chi connectivity index (χ0v) is 23.2. The lowest BCUT2D eigenvalue weighted by Gasteiger charge is -2.32. The van der Waals surface area contributed by atoms with E-state index in [2.05, 4.69) is 31.1 Å². The summed E-state index contributed by atoms with van der Waals surface area (Å²) in [7, 11) is -2.17. The minimum absolute atomic E-state index is 0.104. The number of sulfonamides is 1. The first kappa shape index (κ1) is 30.1. The van der Waals surface area contributed by atoms with Crippen molar-refractivity contribution < 1.29 is 22.4 Å². The van der Waals surface area contributed by atoms with Crippen LogP contribution in [0, 0.1) is 0 Å². The standard InChI is InChI=1S/C24H36FN7O4S/c1-8-10-26-16(4)28-17(5)29-23-13-20(18(14-27-23)24(33)31-36-9-2)30-21-12-19(25)15(3)11-22(21)32(6)37(7,34)35/h12-14,22H,8-11H2,1-7H3,(H,31,33)(H2,26,27,28,29,30). The summed E-state index contributed by atoms with van der Waals surface area (Å²) in [4.78, 5) is 30.8. The molecule has 1 unspecified atom stereocenters. The van der Waals surface area contributed by atoms with Crippen LogP contribution >= 0.6 is 0 Å². The average molecular weight is 538 g/mol. The van der Waals surface area contributed by atoms with Crippen molar-refractivity contribution in [2.75, 3.05) is 31.8 Å². The van der Waals surface area contributed by atoms with Crippen molar-refractivity contribution in [1.82, 2.24) is 20.1 Å². The van der Waals surface area contributed by atoms with Gasteiger partial charge in [-0.1, -0.05) is 6.92 Å². The maximum atomic E-state index is 14.6. The number of amidine groups is 2. The minimum Gasteiger partial charge on any atom is -0.357 e. The van der Waals surface area contributed by atoms with Crippen LogP contribution in [0.5, 0.6) is 0 Å². The van der Waals surface area contributed by atoms with Gasteiger partial charge in [0, 0.05) is 31.6 Å². The summed E-state index contributed by atoms with van der Waals surface area (Å²) in [5.41, 5.74) is 3.35. The first-order valence-corrected chi connectivity index (χ1v) is 13.7. The molecule has 0 bridgehead atoms. The van der Waals surface area contributed by atoms with Gasteiger partial charge in [-0.05, 0) is 52.2 Å². The highest BCUT2D eigenvalue weighted by Gasteiger charge is 2.31. The van der Waals surface area contributed by atoms with E-state index < -0.39 is 27.8 Å². The Labute approximate surface area is 218 Å². The molecule has 1 amide bonds. The Bertz CT molecular complexity index is 1230. The van der Waals surface area contributed by atoms with E-state index in [1.54, 1.807) is 20.8 Å². The van der Waals surface area contributed by atoms with Gasteiger partial charge < -0.3 is 10.6 Å². The number of nitrogens with zero attached hydrogens (tertiary/aromatic N) is 4. The third-order valence-electron chi connectivity index (χ3n) is 5.45. The molecule has 1 aliphatic carbocycles. The lowest BCUT2D eigenvalue weighted by molar-refractivity contribution is 0.0365. The van der Waals surface area contributed by atoms with E-state index in [-0.39, 0.29) is 35.8 Å². The van der Waals surface area contributed by atoms with E-state index in [4.69, 9.17) is 4.84 Å². The molecular formula is C24H36FN7O4S. The summed E-state index contributed by atoms with van der Waals surface area (Å²) in [5.74, 6) is 0.432. The van der Waals surface area contributed by atoms with E-state index in [1.807, 2.05) is 13.8 Å². The SMILES string of the molecule is CCCN=C(C)NC(C)=Nc1cc(NC2=CC(F)=C(C)CC2N(C)S(C)(=O)=O)c(C(=O)NOCC)cn1. The van der Waals surface area contributed by atoms with Gasteiger partial charge in [0.1, 0.15) is 11.7 Å². The van der Waals surface area contributed by atoms with Gasteiger partial charge in [-0.25, -0.2) is 28.3 Å². The number of allylic oxidation sites excluding steroid dienone is 2. The third-order valence-corrected chi connectivity index (χ3v) is 6.75. The molecule has 1 aromatic heterocycles. The molecular weight excluding hydrogens is 501 g/mol. The number of hydrogen-bond acceptors (Lipinski definition) is 8. The second kappa shape index (κ2) is 13.4. The van der Waals surface area contributed by atoms with Gasteiger partial charge in [0.05, 0.1) is 36.0 Å². The highest BCUT2D eigenvalue weighted by atomic mass is 32.2. The number of carbonyl (C=O) groups is 1. The van der Waals surface area contributed by atoms with Crippen LogP contribution in [0.3, 0.4) is 0 Å². The van der Waals surface area contributed by atoms with Gasteiger partial charge in [-0.3, -0.25) is 14.6 Å². The maximum Gasteiger partial charge on any atom is 0.278 e. The van der Waals surface area contributed by atoms with Crippen molar-refractivity contribution in [3.8, 4) is 0 Å². The zero-order valence-electron chi connectivity index (χ0n) is 22.3. The Kier molecular flexibility index (Phi) is 10.9. The molecule has 1 heterocycles. The molecule has 0 spiro atoms. The smallest absolute Gasteiger partial charge is 0.278 e. The molecule has 0 aliphatic heterocycles. The number of likely N-dealkylation sites (N-methyl/N-ethyl adjacent to an activating group) is 1. The summed E-state index contributed by atoms with van der Waals surface area (Å²) in [6.07, 6.45) is 4.69. The van der Waals surface area contributed by atoms with Crippen LogP contribution in [0.25, 0.3) is 0 Å². The van der Waals surface area contributed by atoms with Crippen LogP contribution in [0.4, 0.5) is 15.9 Å². The second-order valence-electron chi connectivity index (χ2n) is 8.59. The molecule has 2 rings (SSSR count). The number of amides is 1. The molecule has 1 atom stereocenters. The first-order valence-electron chi connectivity index (χ1n) is 11.9. The van der Waals surface area contributed by atoms with Crippen LogP contribution < -0.4 is 16.1 Å². The summed E-state index contributed by atoms with van der Waals surface area (Å²) in [6.45, 7) is 9.86. The topological polar surface area (TPSA) is 137 Å². The number of aromatic nitrogens is 1. The summed E-state index contributed by atoms with van der Waals surface area (Å²) < 4.78 is 40.3. The number of anilines is 1. The van der Waals surface area contributed by atoms with Gasteiger partial charge in [-0.2, -0.15) is 4.31 Å². The second-order valence-corrected chi connectivity index (χ2v) is 10.6. The molecule has 0 saturated heterocycles. The Morgan fingerprint density at radius 1 is 1.30 bits per heavy atom. The fourth-order valence-electron chi connectivity index (χ4n) is 3.45. The predicted octanol–water partition coefficient (Wildman–Crippen LogP) is 3.43. The van der Waals surface area contributed by atoms with Crippen LogP contribution in [-0.2, 0) is 14.9 Å². The molecule has 0 aromatic carbocycles. The van der Waals surface area contributed by atoms with Crippen LogP contribution in [0.1, 0.15) is 57.8 Å². The van der Waals surface area contributed by atoms with Gasteiger partial charge in [-0.15, -0.1) is 0 Å². The monoisotopic (exact) mass is 537 g/mol. The van der Waals surface area contributed by atoms with Crippen LogP contribution in [0.2, 0.25) is 0 Å². The van der Waals surface area contributed by atoms with E-state index in [0.717, 1.165) is 17.0 Å². The third kappa shape index (κ3) is 8.72. The number of pyridine rings is 1. The van der Waals surface area contributed by atoms with Crippen molar-refractivity contribution in [2.45, 2.75) is 53.5 Å². The van der Waals surface area contributed by atoms with E-state index in [1.165, 1.54) is 25.4 Å². The lowest BCUT2D eigenvalue weighted by atomic mass is 9.97. The van der Waals surface area contributed by atoms with Crippen LogP contribution in [0.15, 0.2) is 45.4 Å². The predicted molar refractivity (Wildman–Crippen MR) is 144 cm³/mol. The van der Waals surface area contributed by atoms with Gasteiger partial charge in [0.25, 0.3) is 5.91 Å². The highest BCUT2D eigenvalue weighted by molar-refractivity contribution is 7.88. The van der Waals surface area contributed by atoms with Crippen molar-refractivity contribution in [3.05, 3.63) is 41.0 Å². The number of rotatable bonds is 10. The molecule has 0 fully saturated rings. The summed E-state index contributed by atoms with van der Waals surface area (Å²) in [6, 6.07) is 0.810. The molecule has 1 aromatic rings. The number of hydrogen-bond donors (Lipinski definition) is 3. The fraction of sp³-hybridized carbons (Fsp3) is 0.500. The molecule has 204 valence electrons. The Morgan fingerprint density at radius 3 is 2.62 bits per heavy atom. The first-order chi connectivity index (χ1) is 17.4. The van der Waals surface area contributed by atoms with E-state index >= 15 is 0 Å². The van der Waals surface area contributed by atoms with Gasteiger partial charge in [0.2, 0.25) is 10.0 Å². The van der Waals surface area contributed by atoms with E-state index in [0.29, 0.717) is 23.8 Å². The Balaban J connectivity index is 2.51. The normalized spacial score (nSPS) is 17.1. The number of hydroxylamine groups is 1. The Morgan fingerprint density at radius 2 is 2.00 bits per heavy atom. The largest absolute Gasteiger partial charge is 0.357 e. The molecule has 11 nitrogen and oxygen atoms in total. The molecule has 3 N–H and O–H groups in total. The van der Waals surface area contributed by atoms with Gasteiger partial charge >= 0.3 is 0 Å². The quantitative estimate of drug-likeness (QED) is 0.236. The summed E-state index contributed by atoms with van der Waals surface area (Å²) in [5, 5.41) is 6.13. The molecule has 37 heavy (non-hydrogen) atoms. The van der Waals surface area contributed by atoms with Crippen LogP contribution in [-0.4, -0.2) is 67.8 Å². The van der Waals surface area contributed by atoms with E-state index in [9.17, 15) is 17.6 Å². The number of carbonyl (C=O) groups excluding carboxylic acids is 1. The van der Waals surface area contributed by atoms with Gasteiger partial charge in [0.15, 0.2) is 5.82 Å². The molecule has 0 saturated carbocycles.